The largest absolute Gasteiger partial charge is 0.355 e. The van der Waals surface area contributed by atoms with E-state index in [1.807, 2.05) is 13.8 Å². The van der Waals surface area contributed by atoms with Crippen LogP contribution in [0, 0.1) is 0 Å². The van der Waals surface area contributed by atoms with E-state index in [2.05, 4.69) is 10.4 Å². The van der Waals surface area contributed by atoms with Crippen molar-refractivity contribution in [2.24, 2.45) is 7.05 Å². The molecular formula is C8H16N4O. The first-order chi connectivity index (χ1) is 6.20. The van der Waals surface area contributed by atoms with Crippen molar-refractivity contribution in [3.05, 3.63) is 10.5 Å². The minimum Gasteiger partial charge on any atom is -0.355 e. The van der Waals surface area contributed by atoms with Gasteiger partial charge in [-0.05, 0) is 13.3 Å². The average Bonchev–Trinajstić information content (AvgIpc) is 2.34. The summed E-state index contributed by atoms with van der Waals surface area (Å²) >= 11 is 0. The molecule has 0 unspecified atom stereocenters. The molecule has 0 aliphatic carbocycles. The molecule has 1 aromatic rings. The van der Waals surface area contributed by atoms with Crippen molar-refractivity contribution in [1.82, 2.24) is 14.3 Å². The Hall–Kier alpha value is -1.26. The first-order valence-electron chi connectivity index (χ1n) is 4.58. The maximum absolute atomic E-state index is 11.5. The van der Waals surface area contributed by atoms with Crippen LogP contribution in [0.15, 0.2) is 4.79 Å². The summed E-state index contributed by atoms with van der Waals surface area (Å²) in [7, 11) is 1.66. The van der Waals surface area contributed by atoms with Crippen LogP contribution < -0.4 is 11.0 Å². The third kappa shape index (κ3) is 1.91. The highest BCUT2D eigenvalue weighted by Gasteiger charge is 2.08. The maximum Gasteiger partial charge on any atom is 0.347 e. The van der Waals surface area contributed by atoms with Crippen molar-refractivity contribution < 1.29 is 0 Å². The van der Waals surface area contributed by atoms with E-state index in [0.29, 0.717) is 5.95 Å². The molecule has 0 fully saturated rings. The second kappa shape index (κ2) is 4.11. The fraction of sp³-hybridized carbons (Fsp3) is 0.750. The molecule has 0 atom stereocenters. The van der Waals surface area contributed by atoms with Crippen LogP contribution in [0.5, 0.6) is 0 Å². The van der Waals surface area contributed by atoms with E-state index in [0.717, 1.165) is 19.5 Å². The van der Waals surface area contributed by atoms with E-state index in [9.17, 15) is 4.79 Å². The summed E-state index contributed by atoms with van der Waals surface area (Å²) in [5, 5.41) is 7.13. The Morgan fingerprint density at radius 1 is 1.46 bits per heavy atom. The van der Waals surface area contributed by atoms with Gasteiger partial charge in [-0.1, -0.05) is 6.92 Å². The Bertz CT molecular complexity index is 325. The molecule has 0 spiro atoms. The van der Waals surface area contributed by atoms with Crippen LogP contribution >= 0.6 is 0 Å². The standard InChI is InChI=1S/C8H16N4O/c1-4-6-12-7(9-5-2)10-11(3)8(12)13/h4-6H2,1-3H3,(H,9,10). The highest BCUT2D eigenvalue weighted by molar-refractivity contribution is 5.23. The van der Waals surface area contributed by atoms with Crippen LogP contribution in [0.1, 0.15) is 20.3 Å². The Labute approximate surface area is 77.4 Å². The summed E-state index contributed by atoms with van der Waals surface area (Å²) in [6.07, 6.45) is 0.935. The number of hydrogen-bond acceptors (Lipinski definition) is 3. The molecule has 0 aliphatic heterocycles. The topological polar surface area (TPSA) is 51.9 Å². The van der Waals surface area contributed by atoms with Crippen molar-refractivity contribution >= 4 is 5.95 Å². The van der Waals surface area contributed by atoms with Gasteiger partial charge >= 0.3 is 5.69 Å². The van der Waals surface area contributed by atoms with Gasteiger partial charge in [0.2, 0.25) is 5.95 Å². The number of nitrogens with one attached hydrogen (secondary N) is 1. The smallest absolute Gasteiger partial charge is 0.347 e. The molecule has 0 radical (unpaired) electrons. The lowest BCUT2D eigenvalue weighted by molar-refractivity contribution is 0.635. The van der Waals surface area contributed by atoms with E-state index in [1.165, 1.54) is 4.68 Å². The fourth-order valence-electron chi connectivity index (χ4n) is 1.22. The van der Waals surface area contributed by atoms with Gasteiger partial charge in [-0.25, -0.2) is 9.48 Å². The van der Waals surface area contributed by atoms with E-state index in [4.69, 9.17) is 0 Å². The monoisotopic (exact) mass is 184 g/mol. The van der Waals surface area contributed by atoms with Gasteiger partial charge in [0.15, 0.2) is 0 Å². The number of rotatable bonds is 4. The third-order valence-corrected chi connectivity index (χ3v) is 1.79. The van der Waals surface area contributed by atoms with E-state index in [1.54, 1.807) is 11.6 Å². The van der Waals surface area contributed by atoms with E-state index in [-0.39, 0.29) is 5.69 Å². The van der Waals surface area contributed by atoms with Crippen LogP contribution in [-0.2, 0) is 13.6 Å². The van der Waals surface area contributed by atoms with Crippen molar-refractivity contribution in [3.63, 3.8) is 0 Å². The number of hydrogen-bond donors (Lipinski definition) is 1. The number of nitrogens with zero attached hydrogens (tertiary/aromatic N) is 3. The van der Waals surface area contributed by atoms with Gasteiger partial charge < -0.3 is 5.32 Å². The summed E-state index contributed by atoms with van der Waals surface area (Å²) < 4.78 is 3.01. The SMILES string of the molecule is CCCn1c(NCC)nn(C)c1=O. The van der Waals surface area contributed by atoms with Crippen LogP contribution in [0.25, 0.3) is 0 Å². The molecule has 74 valence electrons. The van der Waals surface area contributed by atoms with Gasteiger partial charge in [0.05, 0.1) is 0 Å². The highest BCUT2D eigenvalue weighted by Crippen LogP contribution is 1.99. The average molecular weight is 184 g/mol. The molecule has 0 amide bonds. The zero-order valence-electron chi connectivity index (χ0n) is 8.37. The van der Waals surface area contributed by atoms with Gasteiger partial charge in [-0.15, -0.1) is 5.10 Å². The van der Waals surface area contributed by atoms with Gasteiger partial charge in [0.25, 0.3) is 0 Å². The summed E-state index contributed by atoms with van der Waals surface area (Å²) in [4.78, 5) is 11.5. The van der Waals surface area contributed by atoms with Crippen LogP contribution in [0.4, 0.5) is 5.95 Å². The van der Waals surface area contributed by atoms with Crippen molar-refractivity contribution in [1.29, 1.82) is 0 Å². The number of aryl methyl sites for hydroxylation is 1. The normalized spacial score (nSPS) is 10.4. The van der Waals surface area contributed by atoms with E-state index >= 15 is 0 Å². The lowest BCUT2D eigenvalue weighted by atomic mass is 10.5. The molecule has 0 bridgehead atoms. The molecule has 5 nitrogen and oxygen atoms in total. The van der Waals surface area contributed by atoms with Crippen LogP contribution in [-0.4, -0.2) is 20.9 Å². The van der Waals surface area contributed by atoms with Crippen LogP contribution in [0.2, 0.25) is 0 Å². The Morgan fingerprint density at radius 2 is 2.15 bits per heavy atom. The highest BCUT2D eigenvalue weighted by atomic mass is 16.2. The van der Waals surface area contributed by atoms with Gasteiger partial charge in [-0.2, -0.15) is 0 Å². The molecule has 0 aliphatic rings. The zero-order valence-corrected chi connectivity index (χ0v) is 8.37. The van der Waals surface area contributed by atoms with Crippen molar-refractivity contribution in [3.8, 4) is 0 Å². The Morgan fingerprint density at radius 3 is 2.69 bits per heavy atom. The first-order valence-corrected chi connectivity index (χ1v) is 4.58. The molecule has 0 saturated carbocycles. The molecule has 1 heterocycles. The fourth-order valence-corrected chi connectivity index (χ4v) is 1.22. The lowest BCUT2D eigenvalue weighted by Gasteiger charge is -2.03. The molecule has 0 saturated heterocycles. The van der Waals surface area contributed by atoms with Crippen LogP contribution in [0.3, 0.4) is 0 Å². The lowest BCUT2D eigenvalue weighted by Crippen LogP contribution is -2.23. The first kappa shape index (κ1) is 9.83. The molecule has 5 heteroatoms. The second-order valence-electron chi connectivity index (χ2n) is 2.91. The summed E-state index contributed by atoms with van der Waals surface area (Å²) in [5.74, 6) is 0.664. The predicted molar refractivity (Wildman–Crippen MR) is 51.9 cm³/mol. The van der Waals surface area contributed by atoms with Crippen molar-refractivity contribution in [2.45, 2.75) is 26.8 Å². The summed E-state index contributed by atoms with van der Waals surface area (Å²) in [6, 6.07) is 0. The Kier molecular flexibility index (Phi) is 3.11. The van der Waals surface area contributed by atoms with E-state index < -0.39 is 0 Å². The molecule has 0 aromatic carbocycles. The summed E-state index contributed by atoms with van der Waals surface area (Å²) in [6.45, 7) is 5.51. The number of anilines is 1. The van der Waals surface area contributed by atoms with Gasteiger partial charge in [0.1, 0.15) is 0 Å². The second-order valence-corrected chi connectivity index (χ2v) is 2.91. The minimum atomic E-state index is -0.0576. The third-order valence-electron chi connectivity index (χ3n) is 1.79. The maximum atomic E-state index is 11.5. The molecular weight excluding hydrogens is 168 g/mol. The molecule has 13 heavy (non-hydrogen) atoms. The quantitative estimate of drug-likeness (QED) is 0.738. The molecule has 1 N–H and O–H groups in total. The minimum absolute atomic E-state index is 0.0576. The van der Waals surface area contributed by atoms with Gasteiger partial charge in [0, 0.05) is 20.1 Å². The zero-order chi connectivity index (χ0) is 9.84. The Balaban J connectivity index is 3.03. The predicted octanol–water partition coefficient (Wildman–Crippen LogP) is 0.424. The molecule has 1 aromatic heterocycles. The van der Waals surface area contributed by atoms with Gasteiger partial charge in [-0.3, -0.25) is 4.57 Å². The summed E-state index contributed by atoms with van der Waals surface area (Å²) in [5.41, 5.74) is -0.0576. The molecule has 1 rings (SSSR count). The van der Waals surface area contributed by atoms with Crippen molar-refractivity contribution in [2.75, 3.05) is 11.9 Å². The number of aromatic nitrogens is 3.